The van der Waals surface area contributed by atoms with Gasteiger partial charge in [-0.15, -0.1) is 6.42 Å². The van der Waals surface area contributed by atoms with Crippen LogP contribution in [0.15, 0.2) is 12.3 Å². The molecular weight excluding hydrogens is 148 g/mol. The van der Waals surface area contributed by atoms with Crippen LogP contribution in [0.4, 0.5) is 5.82 Å². The van der Waals surface area contributed by atoms with Gasteiger partial charge in [-0.3, -0.25) is 0 Å². The Hall–Kier alpha value is -1.20. The molecule has 0 fully saturated rings. The molecule has 0 atom stereocenters. The summed E-state index contributed by atoms with van der Waals surface area (Å²) < 4.78 is 0. The summed E-state index contributed by atoms with van der Waals surface area (Å²) in [6.45, 7) is 0. The van der Waals surface area contributed by atoms with Gasteiger partial charge in [-0.1, -0.05) is 17.5 Å². The van der Waals surface area contributed by atoms with Gasteiger partial charge in [0.15, 0.2) is 0 Å². The maximum absolute atomic E-state index is 5.61. The number of anilines is 1. The monoisotopic (exact) mass is 152 g/mol. The summed E-state index contributed by atoms with van der Waals surface area (Å²) in [4.78, 5) is 3.75. The van der Waals surface area contributed by atoms with Gasteiger partial charge in [0, 0.05) is 11.8 Å². The zero-order chi connectivity index (χ0) is 7.56. The van der Waals surface area contributed by atoms with Gasteiger partial charge >= 0.3 is 0 Å². The summed E-state index contributed by atoms with van der Waals surface area (Å²) >= 11 is 5.61. The van der Waals surface area contributed by atoms with Crippen molar-refractivity contribution in [2.75, 3.05) is 5.73 Å². The first-order valence-corrected chi connectivity index (χ1v) is 2.99. The van der Waals surface area contributed by atoms with Crippen molar-refractivity contribution in [1.29, 1.82) is 0 Å². The zero-order valence-corrected chi connectivity index (χ0v) is 5.89. The summed E-state index contributed by atoms with van der Waals surface area (Å²) in [6, 6.07) is 1.60. The average molecular weight is 153 g/mol. The molecule has 3 heteroatoms. The van der Waals surface area contributed by atoms with Crippen molar-refractivity contribution in [1.82, 2.24) is 4.98 Å². The molecule has 1 rings (SSSR count). The molecule has 1 aromatic rings. The van der Waals surface area contributed by atoms with Gasteiger partial charge in [0.1, 0.15) is 5.82 Å². The minimum atomic E-state index is 0.306. The summed E-state index contributed by atoms with van der Waals surface area (Å²) in [5.41, 5.74) is 5.97. The van der Waals surface area contributed by atoms with E-state index in [2.05, 4.69) is 10.9 Å². The Kier molecular flexibility index (Phi) is 1.79. The van der Waals surface area contributed by atoms with Crippen LogP contribution in [0, 0.1) is 12.3 Å². The third kappa shape index (κ3) is 1.20. The van der Waals surface area contributed by atoms with E-state index in [0.717, 1.165) is 0 Å². The number of nitrogens with zero attached hydrogens (tertiary/aromatic N) is 1. The maximum Gasteiger partial charge on any atom is 0.142 e. The largest absolute Gasteiger partial charge is 0.382 e. The second kappa shape index (κ2) is 2.59. The fraction of sp³-hybridized carbons (Fsp3) is 0. The Morgan fingerprint density at radius 1 is 1.70 bits per heavy atom. The lowest BCUT2D eigenvalue weighted by molar-refractivity contribution is 1.32. The van der Waals surface area contributed by atoms with E-state index >= 15 is 0 Å². The van der Waals surface area contributed by atoms with Crippen LogP contribution in [-0.4, -0.2) is 4.98 Å². The molecule has 0 saturated carbocycles. The number of aromatic nitrogens is 1. The van der Waals surface area contributed by atoms with Gasteiger partial charge in [-0.2, -0.15) is 0 Å². The molecule has 10 heavy (non-hydrogen) atoms. The molecule has 0 spiro atoms. The van der Waals surface area contributed by atoms with Gasteiger partial charge in [0.25, 0.3) is 0 Å². The third-order valence-electron chi connectivity index (χ3n) is 1.04. The number of nitrogen functional groups attached to an aromatic ring is 1. The lowest BCUT2D eigenvalue weighted by Gasteiger charge is -1.94. The summed E-state index contributed by atoms with van der Waals surface area (Å²) in [5, 5.41) is 0.399. The Morgan fingerprint density at radius 2 is 2.40 bits per heavy atom. The smallest absolute Gasteiger partial charge is 0.142 e. The summed E-state index contributed by atoms with van der Waals surface area (Å²) in [5.74, 6) is 2.70. The molecule has 2 N–H and O–H groups in total. The van der Waals surface area contributed by atoms with Crippen LogP contribution in [0.1, 0.15) is 5.56 Å². The molecule has 0 aliphatic rings. The van der Waals surface area contributed by atoms with Crippen LogP contribution < -0.4 is 5.73 Å². The highest BCUT2D eigenvalue weighted by Gasteiger charge is 1.95. The van der Waals surface area contributed by atoms with Crippen molar-refractivity contribution >= 4 is 17.4 Å². The second-order valence-corrected chi connectivity index (χ2v) is 2.14. The normalized spacial score (nSPS) is 8.80. The number of pyridine rings is 1. The van der Waals surface area contributed by atoms with Gasteiger partial charge in [0.2, 0.25) is 0 Å². The van der Waals surface area contributed by atoms with Crippen LogP contribution in [0.5, 0.6) is 0 Å². The Labute approximate surface area is 64.0 Å². The van der Waals surface area contributed by atoms with E-state index in [-0.39, 0.29) is 0 Å². The van der Waals surface area contributed by atoms with Crippen molar-refractivity contribution in [3.8, 4) is 12.3 Å². The van der Waals surface area contributed by atoms with Gasteiger partial charge in [0.05, 0.1) is 5.02 Å². The van der Waals surface area contributed by atoms with Crippen molar-refractivity contribution in [2.24, 2.45) is 0 Å². The minimum Gasteiger partial charge on any atom is -0.382 e. The summed E-state index contributed by atoms with van der Waals surface area (Å²) in [7, 11) is 0. The highest BCUT2D eigenvalue weighted by molar-refractivity contribution is 6.32. The molecule has 50 valence electrons. The van der Waals surface area contributed by atoms with Gasteiger partial charge < -0.3 is 5.73 Å². The quantitative estimate of drug-likeness (QED) is 0.569. The van der Waals surface area contributed by atoms with Crippen LogP contribution in [0.3, 0.4) is 0 Å². The van der Waals surface area contributed by atoms with E-state index in [1.165, 1.54) is 6.20 Å². The van der Waals surface area contributed by atoms with Crippen molar-refractivity contribution in [3.63, 3.8) is 0 Å². The molecule has 0 unspecified atom stereocenters. The van der Waals surface area contributed by atoms with E-state index in [0.29, 0.717) is 16.4 Å². The standard InChI is InChI=1S/C7H5ClN2/c1-2-5-3-6(8)7(9)10-4-5/h1,3-4H,(H2,9,10). The number of nitrogens with two attached hydrogens (primary N) is 1. The fourth-order valence-corrected chi connectivity index (χ4v) is 0.694. The van der Waals surface area contributed by atoms with E-state index < -0.39 is 0 Å². The lowest BCUT2D eigenvalue weighted by atomic mass is 10.3. The zero-order valence-electron chi connectivity index (χ0n) is 5.13. The fourth-order valence-electron chi connectivity index (χ4n) is 0.527. The second-order valence-electron chi connectivity index (χ2n) is 1.74. The van der Waals surface area contributed by atoms with E-state index in [1.807, 2.05) is 0 Å². The number of hydrogen-bond acceptors (Lipinski definition) is 2. The first-order valence-electron chi connectivity index (χ1n) is 2.61. The number of rotatable bonds is 0. The predicted octanol–water partition coefficient (Wildman–Crippen LogP) is 1.30. The highest BCUT2D eigenvalue weighted by Crippen LogP contribution is 2.15. The van der Waals surface area contributed by atoms with Crippen LogP contribution in [0.2, 0.25) is 5.02 Å². The summed E-state index contributed by atoms with van der Waals surface area (Å²) in [6.07, 6.45) is 6.58. The molecule has 0 aromatic carbocycles. The van der Waals surface area contributed by atoms with Crippen LogP contribution in [0.25, 0.3) is 0 Å². The molecule has 0 amide bonds. The Bertz CT molecular complexity index is 288. The first-order chi connectivity index (χ1) is 4.74. The van der Waals surface area contributed by atoms with Gasteiger partial charge in [-0.05, 0) is 6.07 Å². The topological polar surface area (TPSA) is 38.9 Å². The molecular formula is C7H5ClN2. The number of halogens is 1. The van der Waals surface area contributed by atoms with E-state index in [9.17, 15) is 0 Å². The van der Waals surface area contributed by atoms with Crippen molar-refractivity contribution < 1.29 is 0 Å². The average Bonchev–Trinajstić information content (AvgIpc) is 1.95. The minimum absolute atomic E-state index is 0.306. The van der Waals surface area contributed by atoms with Crippen LogP contribution in [-0.2, 0) is 0 Å². The highest BCUT2D eigenvalue weighted by atomic mass is 35.5. The van der Waals surface area contributed by atoms with E-state index in [4.69, 9.17) is 23.8 Å². The Morgan fingerprint density at radius 3 is 2.90 bits per heavy atom. The Balaban J connectivity index is 3.20. The SMILES string of the molecule is C#Cc1cnc(N)c(Cl)c1. The van der Waals surface area contributed by atoms with Crippen molar-refractivity contribution in [2.45, 2.75) is 0 Å². The molecule has 1 aromatic heterocycles. The molecule has 0 saturated heterocycles. The maximum atomic E-state index is 5.61. The molecule has 0 bridgehead atoms. The first kappa shape index (κ1) is 6.91. The molecule has 0 aliphatic carbocycles. The number of terminal acetylenes is 1. The number of hydrogen-bond donors (Lipinski definition) is 1. The lowest BCUT2D eigenvalue weighted by Crippen LogP contribution is -1.90. The van der Waals surface area contributed by atoms with Crippen LogP contribution >= 0.6 is 11.6 Å². The molecule has 0 aliphatic heterocycles. The molecule has 2 nitrogen and oxygen atoms in total. The predicted molar refractivity (Wildman–Crippen MR) is 41.6 cm³/mol. The van der Waals surface area contributed by atoms with E-state index in [1.54, 1.807) is 6.07 Å². The third-order valence-corrected chi connectivity index (χ3v) is 1.34. The van der Waals surface area contributed by atoms with Crippen molar-refractivity contribution in [3.05, 3.63) is 22.8 Å². The molecule has 1 heterocycles. The molecule has 0 radical (unpaired) electrons. The van der Waals surface area contributed by atoms with Gasteiger partial charge in [-0.25, -0.2) is 4.98 Å².